The summed E-state index contributed by atoms with van der Waals surface area (Å²) in [7, 11) is 0. The molecule has 4 bridgehead atoms. The first-order chi connectivity index (χ1) is 7.81. The molecule has 0 aromatic carbocycles. The van der Waals surface area contributed by atoms with E-state index >= 15 is 0 Å². The normalized spacial score (nSPS) is 61.6. The van der Waals surface area contributed by atoms with Crippen molar-refractivity contribution < 1.29 is 10.2 Å². The summed E-state index contributed by atoms with van der Waals surface area (Å²) >= 11 is 0. The van der Waals surface area contributed by atoms with Crippen molar-refractivity contribution in [2.24, 2.45) is 22.2 Å². The van der Waals surface area contributed by atoms with Gasteiger partial charge in [-0.05, 0) is 54.3 Å². The van der Waals surface area contributed by atoms with E-state index in [4.69, 9.17) is 0 Å². The molecular formula is C15H26O2. The first kappa shape index (κ1) is 12.0. The van der Waals surface area contributed by atoms with Crippen LogP contribution in [-0.2, 0) is 0 Å². The Kier molecular flexibility index (Phi) is 2.17. The van der Waals surface area contributed by atoms with Crippen molar-refractivity contribution in [1.82, 2.24) is 0 Å². The fraction of sp³-hybridized carbons (Fsp3) is 1.00. The minimum Gasteiger partial charge on any atom is -0.393 e. The Bertz CT molecular complexity index is 355. The van der Waals surface area contributed by atoms with Gasteiger partial charge in [0.25, 0.3) is 0 Å². The van der Waals surface area contributed by atoms with Crippen LogP contribution in [0, 0.1) is 22.2 Å². The van der Waals surface area contributed by atoms with Crippen LogP contribution in [0.2, 0.25) is 0 Å². The molecule has 2 N–H and O–H groups in total. The highest BCUT2D eigenvalue weighted by Crippen LogP contribution is 2.77. The van der Waals surface area contributed by atoms with Gasteiger partial charge in [0.05, 0.1) is 12.2 Å². The van der Waals surface area contributed by atoms with E-state index in [0.29, 0.717) is 16.7 Å². The Balaban J connectivity index is 2.13. The van der Waals surface area contributed by atoms with Gasteiger partial charge in [0.1, 0.15) is 0 Å². The minimum absolute atomic E-state index is 0.0561. The molecule has 0 saturated heterocycles. The number of hydrogen-bond donors (Lipinski definition) is 2. The molecule has 17 heavy (non-hydrogen) atoms. The van der Waals surface area contributed by atoms with Crippen LogP contribution in [0.15, 0.2) is 0 Å². The van der Waals surface area contributed by atoms with Gasteiger partial charge in [-0.2, -0.15) is 0 Å². The lowest BCUT2D eigenvalue weighted by Crippen LogP contribution is -2.57. The fourth-order valence-electron chi connectivity index (χ4n) is 5.85. The maximum atomic E-state index is 10.8. The summed E-state index contributed by atoms with van der Waals surface area (Å²) in [6, 6.07) is 0. The van der Waals surface area contributed by atoms with Crippen LogP contribution in [0.5, 0.6) is 0 Å². The summed E-state index contributed by atoms with van der Waals surface area (Å²) in [6.07, 6.45) is 6.80. The van der Waals surface area contributed by atoms with Crippen molar-refractivity contribution in [2.75, 3.05) is 6.61 Å². The molecule has 0 aromatic heterocycles. The van der Waals surface area contributed by atoms with Crippen molar-refractivity contribution in [2.45, 2.75) is 64.9 Å². The number of rotatable bonds is 1. The molecule has 0 radical (unpaired) electrons. The highest BCUT2D eigenvalue weighted by atomic mass is 16.3. The van der Waals surface area contributed by atoms with Crippen molar-refractivity contribution in [3.63, 3.8) is 0 Å². The SMILES string of the molecule is C[C@@]12CCC[C@@]3(C)[C@@H](C1)[C@@](O)(CO)CC[C@@]23C. The highest BCUT2D eigenvalue weighted by Gasteiger charge is 2.72. The molecule has 3 fully saturated rings. The average molecular weight is 238 g/mol. The molecule has 3 aliphatic carbocycles. The maximum Gasteiger partial charge on any atom is 0.0911 e. The van der Waals surface area contributed by atoms with Gasteiger partial charge in [-0.25, -0.2) is 0 Å². The van der Waals surface area contributed by atoms with Crippen molar-refractivity contribution in [1.29, 1.82) is 0 Å². The maximum absolute atomic E-state index is 10.8. The van der Waals surface area contributed by atoms with Gasteiger partial charge in [0.15, 0.2) is 0 Å². The van der Waals surface area contributed by atoms with Crippen LogP contribution in [0.1, 0.15) is 59.3 Å². The molecule has 3 aliphatic rings. The van der Waals surface area contributed by atoms with Crippen molar-refractivity contribution >= 4 is 0 Å². The Morgan fingerprint density at radius 2 is 1.76 bits per heavy atom. The van der Waals surface area contributed by atoms with Crippen LogP contribution >= 0.6 is 0 Å². The molecule has 2 heteroatoms. The van der Waals surface area contributed by atoms with Gasteiger partial charge in [0.2, 0.25) is 0 Å². The van der Waals surface area contributed by atoms with Gasteiger partial charge >= 0.3 is 0 Å². The third kappa shape index (κ3) is 1.10. The zero-order valence-corrected chi connectivity index (χ0v) is 11.4. The van der Waals surface area contributed by atoms with E-state index in [9.17, 15) is 10.2 Å². The zero-order chi connectivity index (χ0) is 12.5. The first-order valence-electron chi connectivity index (χ1n) is 7.15. The standard InChI is InChI=1S/C15H26O2/c1-12-5-4-6-13(2)11(9-12)15(17,10-16)8-7-14(12,13)3/h11,16-17H,4-10H2,1-3H3/t11-,12-,13+,14+,15+/m1/s1. The molecule has 3 rings (SSSR count). The zero-order valence-electron chi connectivity index (χ0n) is 11.4. The molecule has 0 aliphatic heterocycles. The molecule has 5 atom stereocenters. The van der Waals surface area contributed by atoms with Gasteiger partial charge < -0.3 is 10.2 Å². The lowest BCUT2D eigenvalue weighted by atomic mass is 9.46. The second-order valence-corrected chi connectivity index (χ2v) is 7.68. The molecule has 2 nitrogen and oxygen atoms in total. The third-order valence-electron chi connectivity index (χ3n) is 7.42. The summed E-state index contributed by atoms with van der Waals surface area (Å²) in [5.74, 6) is 0.297. The van der Waals surface area contributed by atoms with Crippen LogP contribution in [-0.4, -0.2) is 22.4 Å². The molecule has 3 saturated carbocycles. The van der Waals surface area contributed by atoms with E-state index in [1.54, 1.807) is 0 Å². The predicted octanol–water partition coefficient (Wildman–Crippen LogP) is 2.73. The summed E-state index contributed by atoms with van der Waals surface area (Å²) < 4.78 is 0. The molecule has 0 spiro atoms. The summed E-state index contributed by atoms with van der Waals surface area (Å²) in [5.41, 5.74) is 0.167. The second-order valence-electron chi connectivity index (χ2n) is 7.68. The van der Waals surface area contributed by atoms with Crippen LogP contribution < -0.4 is 0 Å². The molecule has 0 aromatic rings. The van der Waals surface area contributed by atoms with Gasteiger partial charge in [-0.1, -0.05) is 27.2 Å². The Morgan fingerprint density at radius 3 is 2.41 bits per heavy atom. The summed E-state index contributed by atoms with van der Waals surface area (Å²) in [5, 5.41) is 20.4. The van der Waals surface area contributed by atoms with E-state index in [-0.39, 0.29) is 12.0 Å². The lowest BCUT2D eigenvalue weighted by molar-refractivity contribution is -0.171. The highest BCUT2D eigenvalue weighted by molar-refractivity contribution is 5.21. The van der Waals surface area contributed by atoms with E-state index in [2.05, 4.69) is 20.8 Å². The summed E-state index contributed by atoms with van der Waals surface area (Å²) in [4.78, 5) is 0. The Hall–Kier alpha value is -0.0800. The van der Waals surface area contributed by atoms with Crippen LogP contribution in [0.3, 0.4) is 0 Å². The molecule has 0 heterocycles. The largest absolute Gasteiger partial charge is 0.393 e. The van der Waals surface area contributed by atoms with E-state index < -0.39 is 5.60 Å². The van der Waals surface area contributed by atoms with E-state index in [1.165, 1.54) is 19.3 Å². The van der Waals surface area contributed by atoms with Gasteiger partial charge in [0, 0.05) is 0 Å². The lowest BCUT2D eigenvalue weighted by Gasteiger charge is -2.60. The molecule has 98 valence electrons. The monoisotopic (exact) mass is 238 g/mol. The van der Waals surface area contributed by atoms with E-state index in [1.807, 2.05) is 0 Å². The molecular weight excluding hydrogens is 212 g/mol. The molecule has 0 amide bonds. The average Bonchev–Trinajstić information content (AvgIpc) is 2.43. The quantitative estimate of drug-likeness (QED) is 0.737. The van der Waals surface area contributed by atoms with Gasteiger partial charge in [-0.15, -0.1) is 0 Å². The number of hydrogen-bond acceptors (Lipinski definition) is 2. The van der Waals surface area contributed by atoms with Crippen LogP contribution in [0.4, 0.5) is 0 Å². The Labute approximate surface area is 104 Å². The first-order valence-corrected chi connectivity index (χ1v) is 7.15. The fourth-order valence-corrected chi connectivity index (χ4v) is 5.85. The molecule has 0 unspecified atom stereocenters. The smallest absolute Gasteiger partial charge is 0.0911 e. The topological polar surface area (TPSA) is 40.5 Å². The number of aliphatic hydroxyl groups is 2. The van der Waals surface area contributed by atoms with E-state index in [0.717, 1.165) is 19.3 Å². The third-order valence-corrected chi connectivity index (χ3v) is 7.42. The number of aliphatic hydroxyl groups excluding tert-OH is 1. The second kappa shape index (κ2) is 3.08. The Morgan fingerprint density at radius 1 is 1.06 bits per heavy atom. The van der Waals surface area contributed by atoms with Gasteiger partial charge in [-0.3, -0.25) is 0 Å². The van der Waals surface area contributed by atoms with Crippen molar-refractivity contribution in [3.05, 3.63) is 0 Å². The predicted molar refractivity (Wildman–Crippen MR) is 67.5 cm³/mol. The summed E-state index contributed by atoms with van der Waals surface area (Å²) in [6.45, 7) is 7.19. The van der Waals surface area contributed by atoms with Crippen LogP contribution in [0.25, 0.3) is 0 Å². The minimum atomic E-state index is -0.809. The van der Waals surface area contributed by atoms with Crippen molar-refractivity contribution in [3.8, 4) is 0 Å².